The highest BCUT2D eigenvalue weighted by atomic mass is 19.4. The van der Waals surface area contributed by atoms with Crippen molar-refractivity contribution in [1.29, 1.82) is 0 Å². The van der Waals surface area contributed by atoms with E-state index in [2.05, 4.69) is 0 Å². The fourth-order valence-electron chi connectivity index (χ4n) is 0.989. The molecule has 0 spiro atoms. The molecule has 1 rings (SSSR count). The molecule has 4 heteroatoms. The van der Waals surface area contributed by atoms with E-state index in [1.165, 1.54) is 6.08 Å². The van der Waals surface area contributed by atoms with Crippen molar-refractivity contribution in [2.75, 3.05) is 0 Å². The van der Waals surface area contributed by atoms with Crippen molar-refractivity contribution >= 4 is 6.08 Å². The van der Waals surface area contributed by atoms with E-state index in [4.69, 9.17) is 5.11 Å². The third kappa shape index (κ3) is 3.75. The molecule has 0 amide bonds. The minimum Gasteiger partial charge on any atom is -0.380 e. The Morgan fingerprint density at radius 2 is 1.73 bits per heavy atom. The van der Waals surface area contributed by atoms with E-state index >= 15 is 0 Å². The molecule has 0 radical (unpaired) electrons. The predicted octanol–water partition coefficient (Wildman–Crippen LogP) is 2.93. The first kappa shape index (κ1) is 11.8. The van der Waals surface area contributed by atoms with Gasteiger partial charge in [0.2, 0.25) is 0 Å². The summed E-state index contributed by atoms with van der Waals surface area (Å²) in [6.07, 6.45) is -5.03. The van der Waals surface area contributed by atoms with Gasteiger partial charge in [-0.2, -0.15) is 13.2 Å². The molecule has 0 aliphatic carbocycles. The first-order valence-corrected chi connectivity index (χ1v) is 4.39. The monoisotopic (exact) mass is 216 g/mol. The lowest BCUT2D eigenvalue weighted by atomic mass is 10.1. The second-order valence-corrected chi connectivity index (χ2v) is 3.26. The number of aliphatic hydroxyl groups excluding tert-OH is 1. The lowest BCUT2D eigenvalue weighted by Gasteiger charge is -2.09. The van der Waals surface area contributed by atoms with Crippen molar-refractivity contribution in [3.63, 3.8) is 0 Å². The first-order valence-electron chi connectivity index (χ1n) is 4.39. The topological polar surface area (TPSA) is 20.2 Å². The van der Waals surface area contributed by atoms with E-state index in [1.807, 2.05) is 6.92 Å². The molecule has 1 nitrogen and oxygen atoms in total. The molecular formula is C11H11F3O. The van der Waals surface area contributed by atoms with E-state index in [-0.39, 0.29) is 0 Å². The Balaban J connectivity index is 2.70. The highest BCUT2D eigenvalue weighted by molar-refractivity contribution is 5.50. The van der Waals surface area contributed by atoms with Gasteiger partial charge in [0, 0.05) is 0 Å². The molecule has 15 heavy (non-hydrogen) atoms. The normalized spacial score (nSPS) is 14.5. The molecule has 0 saturated carbocycles. The average molecular weight is 216 g/mol. The van der Waals surface area contributed by atoms with Crippen LogP contribution in [0.5, 0.6) is 0 Å². The Labute approximate surface area is 85.9 Å². The van der Waals surface area contributed by atoms with Crippen LogP contribution in [0.4, 0.5) is 13.2 Å². The number of aryl methyl sites for hydroxylation is 1. The van der Waals surface area contributed by atoms with Gasteiger partial charge in [-0.15, -0.1) is 0 Å². The van der Waals surface area contributed by atoms with Gasteiger partial charge in [0.05, 0.1) is 0 Å². The molecule has 1 atom stereocenters. The largest absolute Gasteiger partial charge is 0.417 e. The summed E-state index contributed by atoms with van der Waals surface area (Å²) >= 11 is 0. The second kappa shape index (κ2) is 4.49. The average Bonchev–Trinajstić information content (AvgIpc) is 2.15. The Bertz CT molecular complexity index is 338. The Hall–Kier alpha value is -1.29. The molecule has 1 aromatic rings. The second-order valence-electron chi connectivity index (χ2n) is 3.26. The maximum Gasteiger partial charge on any atom is 0.417 e. The fraction of sp³-hybridized carbons (Fsp3) is 0.273. The van der Waals surface area contributed by atoms with Crippen LogP contribution < -0.4 is 0 Å². The third-order valence-corrected chi connectivity index (χ3v) is 1.88. The maximum absolute atomic E-state index is 11.9. The van der Waals surface area contributed by atoms with Gasteiger partial charge in [-0.25, -0.2) is 0 Å². The van der Waals surface area contributed by atoms with Crippen molar-refractivity contribution < 1.29 is 18.3 Å². The standard InChI is InChI=1S/C11H11F3O/c1-8-2-4-9(5-3-8)6-7-10(15)11(12,13)14/h2-7,10,15H,1H3/b7-6+. The van der Waals surface area contributed by atoms with Crippen LogP contribution in [0.2, 0.25) is 0 Å². The van der Waals surface area contributed by atoms with Crippen LogP contribution in [0.3, 0.4) is 0 Å². The summed E-state index contributed by atoms with van der Waals surface area (Å²) in [5, 5.41) is 8.69. The van der Waals surface area contributed by atoms with Crippen molar-refractivity contribution in [3.8, 4) is 0 Å². The van der Waals surface area contributed by atoms with E-state index in [1.54, 1.807) is 24.3 Å². The molecule has 0 saturated heterocycles. The lowest BCUT2D eigenvalue weighted by molar-refractivity contribution is -0.187. The van der Waals surface area contributed by atoms with Crippen molar-refractivity contribution in [2.24, 2.45) is 0 Å². The van der Waals surface area contributed by atoms with Crippen LogP contribution in [-0.2, 0) is 0 Å². The van der Waals surface area contributed by atoms with Crippen molar-refractivity contribution in [3.05, 3.63) is 41.5 Å². The molecule has 82 valence electrons. The summed E-state index contributed by atoms with van der Waals surface area (Å²) in [7, 11) is 0. The van der Waals surface area contributed by atoms with Gasteiger partial charge in [-0.1, -0.05) is 35.9 Å². The Kier molecular flexibility index (Phi) is 3.52. The summed E-state index contributed by atoms with van der Waals surface area (Å²) in [6, 6.07) is 6.96. The first-order chi connectivity index (χ1) is 6.89. The Morgan fingerprint density at radius 3 is 2.20 bits per heavy atom. The third-order valence-electron chi connectivity index (χ3n) is 1.88. The van der Waals surface area contributed by atoms with Crippen LogP contribution in [0, 0.1) is 6.92 Å². The summed E-state index contributed by atoms with van der Waals surface area (Å²) in [6.45, 7) is 1.89. The number of halogens is 3. The fourth-order valence-corrected chi connectivity index (χ4v) is 0.989. The van der Waals surface area contributed by atoms with Crippen molar-refractivity contribution in [2.45, 2.75) is 19.2 Å². The van der Waals surface area contributed by atoms with Crippen LogP contribution in [0.25, 0.3) is 6.08 Å². The minimum absolute atomic E-state index is 0.629. The van der Waals surface area contributed by atoms with E-state index in [0.29, 0.717) is 5.56 Å². The molecule has 1 aromatic carbocycles. The van der Waals surface area contributed by atoms with Crippen LogP contribution in [0.15, 0.2) is 30.3 Å². The number of benzene rings is 1. The maximum atomic E-state index is 11.9. The van der Waals surface area contributed by atoms with Gasteiger partial charge in [-0.3, -0.25) is 0 Å². The molecule has 0 heterocycles. The molecule has 0 fully saturated rings. The van der Waals surface area contributed by atoms with Crippen LogP contribution in [-0.4, -0.2) is 17.4 Å². The van der Waals surface area contributed by atoms with Crippen molar-refractivity contribution in [1.82, 2.24) is 0 Å². The smallest absolute Gasteiger partial charge is 0.380 e. The van der Waals surface area contributed by atoms with E-state index in [0.717, 1.165) is 11.6 Å². The summed E-state index contributed by atoms with van der Waals surface area (Å²) in [4.78, 5) is 0. The molecule has 0 aromatic heterocycles. The SMILES string of the molecule is Cc1ccc(/C=C/C(O)C(F)(F)F)cc1. The number of rotatable bonds is 2. The number of aliphatic hydroxyl groups is 1. The molecule has 0 aliphatic heterocycles. The highest BCUT2D eigenvalue weighted by Gasteiger charge is 2.35. The van der Waals surface area contributed by atoms with Gasteiger partial charge < -0.3 is 5.11 Å². The van der Waals surface area contributed by atoms with E-state index in [9.17, 15) is 13.2 Å². The zero-order valence-corrected chi connectivity index (χ0v) is 8.12. The van der Waals surface area contributed by atoms with Gasteiger partial charge in [-0.05, 0) is 18.6 Å². The zero-order valence-electron chi connectivity index (χ0n) is 8.12. The van der Waals surface area contributed by atoms with E-state index < -0.39 is 12.3 Å². The quantitative estimate of drug-likeness (QED) is 0.805. The minimum atomic E-state index is -4.60. The Morgan fingerprint density at radius 1 is 1.20 bits per heavy atom. The van der Waals surface area contributed by atoms with Gasteiger partial charge in [0.25, 0.3) is 0 Å². The van der Waals surface area contributed by atoms with Gasteiger partial charge in [0.1, 0.15) is 0 Å². The van der Waals surface area contributed by atoms with Gasteiger partial charge in [0.15, 0.2) is 6.10 Å². The lowest BCUT2D eigenvalue weighted by Crippen LogP contribution is -2.25. The summed E-state index contributed by atoms with van der Waals surface area (Å²) in [5.74, 6) is 0. The molecule has 1 unspecified atom stereocenters. The number of alkyl halides is 3. The zero-order chi connectivity index (χ0) is 11.5. The summed E-state index contributed by atoms with van der Waals surface area (Å²) < 4.78 is 35.7. The molecule has 0 bridgehead atoms. The highest BCUT2D eigenvalue weighted by Crippen LogP contribution is 2.21. The summed E-state index contributed by atoms with van der Waals surface area (Å²) in [5.41, 5.74) is 1.66. The number of hydrogen-bond acceptors (Lipinski definition) is 1. The van der Waals surface area contributed by atoms with Crippen LogP contribution in [0.1, 0.15) is 11.1 Å². The molecular weight excluding hydrogens is 205 g/mol. The molecule has 0 aliphatic rings. The number of hydrogen-bond donors (Lipinski definition) is 1. The van der Waals surface area contributed by atoms with Gasteiger partial charge >= 0.3 is 6.18 Å². The predicted molar refractivity (Wildman–Crippen MR) is 52.3 cm³/mol. The van der Waals surface area contributed by atoms with Crippen LogP contribution >= 0.6 is 0 Å². The molecule has 1 N–H and O–H groups in total.